The summed E-state index contributed by atoms with van der Waals surface area (Å²) in [6, 6.07) is 0. The Labute approximate surface area is 145 Å². The zero-order valence-electron chi connectivity index (χ0n) is 13.9. The van der Waals surface area contributed by atoms with Gasteiger partial charge in [0.05, 0.1) is 11.7 Å². The topological polar surface area (TPSA) is 67.2 Å². The quantitative estimate of drug-likeness (QED) is 0.818. The fourth-order valence-corrected chi connectivity index (χ4v) is 4.29. The van der Waals surface area contributed by atoms with E-state index in [1.807, 2.05) is 4.90 Å². The van der Waals surface area contributed by atoms with Crippen molar-refractivity contribution >= 4 is 17.2 Å². The minimum Gasteiger partial charge on any atom is -0.336 e. The lowest BCUT2D eigenvalue weighted by atomic mass is 9.97. The molecule has 0 radical (unpaired) electrons. The molecule has 0 aromatic carbocycles. The minimum absolute atomic E-state index is 0.0789. The van der Waals surface area contributed by atoms with E-state index >= 15 is 0 Å². The molecule has 8 heteroatoms. The number of nitrogens with zero attached hydrogens (tertiary/aromatic N) is 6. The second-order valence-corrected chi connectivity index (χ2v) is 7.52. The number of aromatic nitrogens is 4. The van der Waals surface area contributed by atoms with Crippen LogP contribution in [0.2, 0.25) is 0 Å². The third-order valence-electron chi connectivity index (χ3n) is 4.97. The molecule has 1 atom stereocenters. The third-order valence-corrected chi connectivity index (χ3v) is 5.74. The Kier molecular flexibility index (Phi) is 4.32. The second kappa shape index (κ2) is 6.60. The number of carbonyl (C=O) groups excluding carboxylic acids is 1. The van der Waals surface area contributed by atoms with Crippen LogP contribution in [0.4, 0.5) is 0 Å². The van der Waals surface area contributed by atoms with Crippen LogP contribution in [0.1, 0.15) is 40.1 Å². The molecule has 4 rings (SSSR count). The van der Waals surface area contributed by atoms with Crippen molar-refractivity contribution in [3.63, 3.8) is 0 Å². The smallest absolute Gasteiger partial charge is 0.265 e. The second-order valence-electron chi connectivity index (χ2n) is 6.64. The van der Waals surface area contributed by atoms with Crippen molar-refractivity contribution in [3.05, 3.63) is 28.2 Å². The molecule has 0 bridgehead atoms. The van der Waals surface area contributed by atoms with Gasteiger partial charge in [-0.2, -0.15) is 0 Å². The molecule has 2 aromatic heterocycles. The van der Waals surface area contributed by atoms with Crippen molar-refractivity contribution in [1.82, 2.24) is 29.5 Å². The standard InChI is InChI=1S/C16H22N6OS/c1-20-5-2-3-12(10-20)15-19-18-14-4-6-21(7-8-22(14)15)16(23)13-9-17-11-24-13/h9,11-12H,2-8,10H2,1H3/t12-/m0/s1. The molecule has 0 unspecified atom stereocenters. The van der Waals surface area contributed by atoms with Gasteiger partial charge in [-0.3, -0.25) is 9.78 Å². The Hall–Kier alpha value is -1.80. The van der Waals surface area contributed by atoms with E-state index in [1.54, 1.807) is 11.7 Å². The van der Waals surface area contributed by atoms with E-state index in [2.05, 4.69) is 31.7 Å². The number of piperidine rings is 1. The summed E-state index contributed by atoms with van der Waals surface area (Å²) in [7, 11) is 2.17. The van der Waals surface area contributed by atoms with E-state index in [-0.39, 0.29) is 5.91 Å². The zero-order chi connectivity index (χ0) is 16.5. The molecule has 0 spiro atoms. The van der Waals surface area contributed by atoms with Crippen LogP contribution >= 0.6 is 11.3 Å². The van der Waals surface area contributed by atoms with Crippen LogP contribution in [0.3, 0.4) is 0 Å². The van der Waals surface area contributed by atoms with Crippen molar-refractivity contribution in [1.29, 1.82) is 0 Å². The summed E-state index contributed by atoms with van der Waals surface area (Å²) in [4.78, 5) is 21.6. The minimum atomic E-state index is 0.0789. The molecule has 1 fully saturated rings. The lowest BCUT2D eigenvalue weighted by Gasteiger charge is -2.29. The van der Waals surface area contributed by atoms with Gasteiger partial charge >= 0.3 is 0 Å². The lowest BCUT2D eigenvalue weighted by Crippen LogP contribution is -2.34. The highest BCUT2D eigenvalue weighted by Gasteiger charge is 2.28. The Morgan fingerprint density at radius 3 is 2.96 bits per heavy atom. The van der Waals surface area contributed by atoms with Gasteiger partial charge in [0.15, 0.2) is 0 Å². The summed E-state index contributed by atoms with van der Waals surface area (Å²) in [5.41, 5.74) is 1.71. The van der Waals surface area contributed by atoms with E-state index in [4.69, 9.17) is 0 Å². The molecule has 128 valence electrons. The Bertz CT molecular complexity index is 712. The Morgan fingerprint density at radius 1 is 1.25 bits per heavy atom. The average molecular weight is 346 g/mol. The van der Waals surface area contributed by atoms with Crippen molar-refractivity contribution < 1.29 is 4.79 Å². The number of likely N-dealkylation sites (N-methyl/N-ethyl adjacent to an activating group) is 1. The molecule has 2 aliphatic rings. The number of fused-ring (bicyclic) bond motifs is 1. The molecule has 0 N–H and O–H groups in total. The zero-order valence-corrected chi connectivity index (χ0v) is 14.7. The molecule has 24 heavy (non-hydrogen) atoms. The SMILES string of the molecule is CN1CCC[C@H](c2nnc3n2CCN(C(=O)c2cncs2)CC3)C1. The Balaban J connectivity index is 1.50. The first kappa shape index (κ1) is 15.7. The largest absolute Gasteiger partial charge is 0.336 e. The van der Waals surface area contributed by atoms with Crippen LogP contribution in [0, 0.1) is 0 Å². The van der Waals surface area contributed by atoms with Gasteiger partial charge in [-0.25, -0.2) is 0 Å². The first-order chi connectivity index (χ1) is 11.7. The van der Waals surface area contributed by atoms with E-state index in [0.717, 1.165) is 37.7 Å². The fraction of sp³-hybridized carbons (Fsp3) is 0.625. The first-order valence-corrected chi connectivity index (χ1v) is 9.38. The van der Waals surface area contributed by atoms with E-state index in [9.17, 15) is 4.79 Å². The maximum atomic E-state index is 12.6. The molecule has 7 nitrogen and oxygen atoms in total. The van der Waals surface area contributed by atoms with Gasteiger partial charge in [-0.1, -0.05) is 0 Å². The molecular formula is C16H22N6OS. The molecule has 0 aliphatic carbocycles. The lowest BCUT2D eigenvalue weighted by molar-refractivity contribution is 0.0763. The van der Waals surface area contributed by atoms with E-state index in [1.165, 1.54) is 24.2 Å². The van der Waals surface area contributed by atoms with Gasteiger partial charge in [0.1, 0.15) is 16.5 Å². The van der Waals surface area contributed by atoms with Crippen LogP contribution in [-0.4, -0.2) is 68.7 Å². The number of hydrogen-bond acceptors (Lipinski definition) is 6. The predicted molar refractivity (Wildman–Crippen MR) is 91.2 cm³/mol. The van der Waals surface area contributed by atoms with Crippen LogP contribution in [0.15, 0.2) is 11.7 Å². The highest BCUT2D eigenvalue weighted by molar-refractivity contribution is 7.11. The summed E-state index contributed by atoms with van der Waals surface area (Å²) < 4.78 is 2.25. The van der Waals surface area contributed by atoms with Crippen molar-refractivity contribution in [2.24, 2.45) is 0 Å². The van der Waals surface area contributed by atoms with Gasteiger partial charge in [0.25, 0.3) is 5.91 Å². The van der Waals surface area contributed by atoms with E-state index < -0.39 is 0 Å². The number of carbonyl (C=O) groups is 1. The van der Waals surface area contributed by atoms with Crippen molar-refractivity contribution in [2.75, 3.05) is 33.2 Å². The fourth-order valence-electron chi connectivity index (χ4n) is 3.70. The Morgan fingerprint density at radius 2 is 2.17 bits per heavy atom. The normalized spacial score (nSPS) is 22.2. The van der Waals surface area contributed by atoms with Crippen molar-refractivity contribution in [2.45, 2.75) is 31.7 Å². The molecule has 4 heterocycles. The number of rotatable bonds is 2. The monoisotopic (exact) mass is 346 g/mol. The molecule has 0 saturated carbocycles. The first-order valence-electron chi connectivity index (χ1n) is 8.50. The summed E-state index contributed by atoms with van der Waals surface area (Å²) in [5, 5.41) is 8.91. The molecule has 2 aliphatic heterocycles. The third kappa shape index (κ3) is 2.95. The summed E-state index contributed by atoms with van der Waals surface area (Å²) in [5.74, 6) is 2.64. The highest BCUT2D eigenvalue weighted by Crippen LogP contribution is 2.26. The van der Waals surface area contributed by atoms with Gasteiger partial charge in [-0.15, -0.1) is 21.5 Å². The molecule has 1 saturated heterocycles. The van der Waals surface area contributed by atoms with Gasteiger partial charge in [0, 0.05) is 38.5 Å². The summed E-state index contributed by atoms with van der Waals surface area (Å²) in [6.45, 7) is 4.38. The summed E-state index contributed by atoms with van der Waals surface area (Å²) in [6.07, 6.45) is 4.80. The predicted octanol–water partition coefficient (Wildman–Crippen LogP) is 1.24. The molecule has 1 amide bonds. The number of hydrogen-bond donors (Lipinski definition) is 0. The maximum absolute atomic E-state index is 12.6. The van der Waals surface area contributed by atoms with Crippen LogP contribution in [0.5, 0.6) is 0 Å². The summed E-state index contributed by atoms with van der Waals surface area (Å²) >= 11 is 1.40. The van der Waals surface area contributed by atoms with Gasteiger partial charge in [0.2, 0.25) is 0 Å². The van der Waals surface area contributed by atoms with E-state index in [0.29, 0.717) is 23.9 Å². The van der Waals surface area contributed by atoms with Crippen molar-refractivity contribution in [3.8, 4) is 0 Å². The number of amides is 1. The highest BCUT2D eigenvalue weighted by atomic mass is 32.1. The molecular weight excluding hydrogens is 324 g/mol. The van der Waals surface area contributed by atoms with Crippen LogP contribution in [-0.2, 0) is 13.0 Å². The average Bonchev–Trinajstić information content (AvgIpc) is 3.21. The number of likely N-dealkylation sites (tertiary alicyclic amines) is 1. The maximum Gasteiger partial charge on any atom is 0.265 e. The number of thiazole rings is 1. The van der Waals surface area contributed by atoms with Gasteiger partial charge < -0.3 is 14.4 Å². The van der Waals surface area contributed by atoms with Gasteiger partial charge in [-0.05, 0) is 26.4 Å². The molecule has 2 aromatic rings. The van der Waals surface area contributed by atoms with Crippen LogP contribution < -0.4 is 0 Å². The van der Waals surface area contributed by atoms with Crippen LogP contribution in [0.25, 0.3) is 0 Å².